The lowest BCUT2D eigenvalue weighted by Crippen LogP contribution is -2.52. The van der Waals surface area contributed by atoms with Crippen LogP contribution in [0, 0.1) is 0 Å². The van der Waals surface area contributed by atoms with Crippen LogP contribution in [0.15, 0.2) is 16.9 Å². The highest BCUT2D eigenvalue weighted by atomic mass is 79.9. The van der Waals surface area contributed by atoms with Crippen LogP contribution in [0.3, 0.4) is 0 Å². The summed E-state index contributed by atoms with van der Waals surface area (Å²) in [7, 11) is 0. The third-order valence-electron chi connectivity index (χ3n) is 4.41. The van der Waals surface area contributed by atoms with Crippen molar-refractivity contribution in [2.24, 2.45) is 0 Å². The number of carbonyl (C=O) groups excluding carboxylic acids is 3. The number of ether oxygens (including phenoxy) is 4. The van der Waals surface area contributed by atoms with Gasteiger partial charge in [0.15, 0.2) is 16.9 Å². The van der Waals surface area contributed by atoms with Gasteiger partial charge in [-0.25, -0.2) is 4.98 Å². The molecule has 0 amide bonds. The summed E-state index contributed by atoms with van der Waals surface area (Å²) in [6.07, 6.45) is -2.10. The number of halogens is 3. The third kappa shape index (κ3) is 4.27. The molecule has 1 aliphatic rings. The molecule has 1 saturated heterocycles. The molecule has 2 aromatic rings. The van der Waals surface area contributed by atoms with Crippen molar-refractivity contribution in [1.29, 1.82) is 0 Å². The summed E-state index contributed by atoms with van der Waals surface area (Å²) in [5, 5.41) is 0.538. The molecular weight excluding hydrogens is 507 g/mol. The lowest BCUT2D eigenvalue weighted by atomic mass is 10.0. The van der Waals surface area contributed by atoms with Gasteiger partial charge in [-0.15, -0.1) is 0 Å². The summed E-state index contributed by atoms with van der Waals surface area (Å²) in [6.45, 7) is 3.18. The van der Waals surface area contributed by atoms with E-state index < -0.39 is 35.8 Å². The molecule has 0 aliphatic carbocycles. The van der Waals surface area contributed by atoms with Gasteiger partial charge in [-0.3, -0.25) is 19.0 Å². The number of esters is 3. The minimum absolute atomic E-state index is 0.119. The molecule has 1 aliphatic heterocycles. The minimum Gasteiger partial charge on any atom is -0.461 e. The quantitative estimate of drug-likeness (QED) is 0.434. The van der Waals surface area contributed by atoms with Gasteiger partial charge < -0.3 is 18.9 Å². The SMILES string of the molecule is CC(=O)OC[C@]1(n2c(Br)nc3cc(Cl)c(Cl)cc32)OC[C@H](OC(C)=O)[C@@H]1OC(C)=O. The number of hydrogen-bond acceptors (Lipinski definition) is 8. The van der Waals surface area contributed by atoms with Gasteiger partial charge in [0.2, 0.25) is 5.72 Å². The van der Waals surface area contributed by atoms with E-state index in [0.717, 1.165) is 0 Å². The first-order valence-electron chi connectivity index (χ1n) is 8.70. The number of fused-ring (bicyclic) bond motifs is 1. The second-order valence-corrected chi connectivity index (χ2v) is 8.11. The first-order valence-corrected chi connectivity index (χ1v) is 10.3. The molecule has 0 radical (unpaired) electrons. The van der Waals surface area contributed by atoms with Gasteiger partial charge in [0.1, 0.15) is 6.61 Å². The van der Waals surface area contributed by atoms with E-state index in [0.29, 0.717) is 11.0 Å². The van der Waals surface area contributed by atoms with Crippen LogP contribution in [0.5, 0.6) is 0 Å². The highest BCUT2D eigenvalue weighted by Crippen LogP contribution is 2.42. The van der Waals surface area contributed by atoms with E-state index in [4.69, 9.17) is 42.1 Å². The Kier molecular flexibility index (Phi) is 6.61. The molecule has 30 heavy (non-hydrogen) atoms. The van der Waals surface area contributed by atoms with Crippen LogP contribution in [0.1, 0.15) is 20.8 Å². The predicted octanol–water partition coefficient (Wildman–Crippen LogP) is 3.22. The molecule has 1 fully saturated rings. The zero-order valence-electron chi connectivity index (χ0n) is 16.1. The summed E-state index contributed by atoms with van der Waals surface area (Å²) in [4.78, 5) is 39.5. The molecule has 9 nitrogen and oxygen atoms in total. The van der Waals surface area contributed by atoms with Crippen LogP contribution in [0.25, 0.3) is 11.0 Å². The molecule has 3 atom stereocenters. The Balaban J connectivity index is 2.23. The Bertz CT molecular complexity index is 1030. The Morgan fingerprint density at radius 3 is 2.40 bits per heavy atom. The van der Waals surface area contributed by atoms with Crippen LogP contribution in [0.4, 0.5) is 0 Å². The monoisotopic (exact) mass is 522 g/mol. The molecule has 0 bridgehead atoms. The maximum atomic E-state index is 11.9. The molecule has 162 valence electrons. The summed E-state index contributed by atoms with van der Waals surface area (Å²) in [5.74, 6) is -1.82. The molecule has 1 aromatic heterocycles. The van der Waals surface area contributed by atoms with Crippen LogP contribution in [0.2, 0.25) is 10.0 Å². The number of nitrogens with zero attached hydrogens (tertiary/aromatic N) is 2. The van der Waals surface area contributed by atoms with Gasteiger partial charge >= 0.3 is 17.9 Å². The normalized spacial score (nSPS) is 23.4. The maximum Gasteiger partial charge on any atom is 0.303 e. The molecule has 3 rings (SSSR count). The number of benzene rings is 1. The second kappa shape index (κ2) is 8.70. The van der Waals surface area contributed by atoms with Crippen molar-refractivity contribution < 1.29 is 33.3 Å². The Labute approximate surface area is 189 Å². The number of aromatic nitrogens is 2. The van der Waals surface area contributed by atoms with Crippen molar-refractivity contribution in [3.8, 4) is 0 Å². The van der Waals surface area contributed by atoms with Crippen molar-refractivity contribution in [3.63, 3.8) is 0 Å². The average Bonchev–Trinajstić information content (AvgIpc) is 3.11. The van der Waals surface area contributed by atoms with E-state index in [1.165, 1.54) is 25.3 Å². The van der Waals surface area contributed by atoms with E-state index in [9.17, 15) is 14.4 Å². The molecule has 0 spiro atoms. The summed E-state index contributed by atoms with van der Waals surface area (Å²) in [5.41, 5.74) is -0.675. The lowest BCUT2D eigenvalue weighted by molar-refractivity contribution is -0.194. The summed E-state index contributed by atoms with van der Waals surface area (Å²) >= 11 is 15.7. The molecule has 0 N–H and O–H groups in total. The highest BCUT2D eigenvalue weighted by Gasteiger charge is 2.58. The van der Waals surface area contributed by atoms with E-state index >= 15 is 0 Å². The number of carbonyl (C=O) groups is 3. The van der Waals surface area contributed by atoms with Gasteiger partial charge in [0.05, 0.1) is 27.7 Å². The highest BCUT2D eigenvalue weighted by molar-refractivity contribution is 9.10. The molecule has 1 aromatic carbocycles. The van der Waals surface area contributed by atoms with Crippen molar-refractivity contribution in [1.82, 2.24) is 9.55 Å². The van der Waals surface area contributed by atoms with E-state index in [1.54, 1.807) is 12.1 Å². The molecule has 0 saturated carbocycles. The van der Waals surface area contributed by atoms with Crippen LogP contribution in [-0.2, 0) is 39.1 Å². The smallest absolute Gasteiger partial charge is 0.303 e. The fourth-order valence-corrected chi connectivity index (χ4v) is 4.33. The molecular formula is C18H17BrCl2N2O7. The van der Waals surface area contributed by atoms with Gasteiger partial charge in [0, 0.05) is 20.8 Å². The van der Waals surface area contributed by atoms with E-state index in [-0.39, 0.29) is 28.0 Å². The Hall–Kier alpha value is -1.88. The zero-order chi connectivity index (χ0) is 22.2. The molecule has 12 heteroatoms. The van der Waals surface area contributed by atoms with Crippen LogP contribution < -0.4 is 0 Å². The third-order valence-corrected chi connectivity index (χ3v) is 5.66. The Morgan fingerprint density at radius 2 is 1.80 bits per heavy atom. The lowest BCUT2D eigenvalue weighted by Gasteiger charge is -2.35. The minimum atomic E-state index is -1.60. The topological polar surface area (TPSA) is 106 Å². The number of hydrogen-bond donors (Lipinski definition) is 0. The first kappa shape index (κ1) is 22.8. The fourth-order valence-electron chi connectivity index (χ4n) is 3.33. The first-order chi connectivity index (χ1) is 14.0. The van der Waals surface area contributed by atoms with Gasteiger partial charge in [0.25, 0.3) is 0 Å². The maximum absolute atomic E-state index is 11.9. The second-order valence-electron chi connectivity index (χ2n) is 6.59. The number of imidazole rings is 1. The predicted molar refractivity (Wildman–Crippen MR) is 109 cm³/mol. The van der Waals surface area contributed by atoms with Gasteiger partial charge in [-0.2, -0.15) is 0 Å². The van der Waals surface area contributed by atoms with Crippen molar-refractivity contribution in [3.05, 3.63) is 26.9 Å². The molecule has 2 heterocycles. The average molecular weight is 524 g/mol. The van der Waals surface area contributed by atoms with Crippen molar-refractivity contribution in [2.45, 2.75) is 38.7 Å². The summed E-state index contributed by atoms with van der Waals surface area (Å²) in [6, 6.07) is 3.11. The zero-order valence-corrected chi connectivity index (χ0v) is 19.2. The standard InChI is InChI=1S/C18H17BrCl2N2O7/c1-8(24)27-7-18(16(30-10(3)26)15(6-28-18)29-9(2)25)23-14-5-12(21)11(20)4-13(14)22-17(23)19/h4-5,15-16H,6-7H2,1-3H3/t15-,16-,18-/m0/s1. The molecule has 0 unspecified atom stereocenters. The van der Waals surface area contributed by atoms with Crippen molar-refractivity contribution >= 4 is 68.1 Å². The van der Waals surface area contributed by atoms with Gasteiger partial charge in [-0.1, -0.05) is 23.2 Å². The Morgan fingerprint density at radius 1 is 1.17 bits per heavy atom. The van der Waals surface area contributed by atoms with Crippen molar-refractivity contribution in [2.75, 3.05) is 13.2 Å². The van der Waals surface area contributed by atoms with Crippen LogP contribution in [-0.4, -0.2) is 52.9 Å². The van der Waals surface area contributed by atoms with Crippen LogP contribution >= 0.6 is 39.1 Å². The van der Waals surface area contributed by atoms with E-state index in [2.05, 4.69) is 20.9 Å². The fraction of sp³-hybridized carbons (Fsp3) is 0.444. The van der Waals surface area contributed by atoms with E-state index in [1.807, 2.05) is 0 Å². The van der Waals surface area contributed by atoms with Gasteiger partial charge in [-0.05, 0) is 28.1 Å². The number of rotatable bonds is 5. The largest absolute Gasteiger partial charge is 0.461 e. The summed E-state index contributed by atoms with van der Waals surface area (Å²) < 4.78 is 23.9.